The Morgan fingerprint density at radius 2 is 0.849 bits per heavy atom. The summed E-state index contributed by atoms with van der Waals surface area (Å²) in [7, 11) is -4.35. The fourth-order valence-corrected chi connectivity index (χ4v) is 7.37. The van der Waals surface area contributed by atoms with Crippen LogP contribution < -0.4 is 5.32 Å². The predicted molar refractivity (Wildman–Crippen MR) is 230 cm³/mol. The normalized spacial score (nSPS) is 13.7. The number of aliphatic hydroxyl groups excluding tert-OH is 1. The monoisotopic (exact) mass is 764 g/mol. The fourth-order valence-electron chi connectivity index (χ4n) is 6.63. The zero-order chi connectivity index (χ0) is 38.9. The van der Waals surface area contributed by atoms with Crippen molar-refractivity contribution in [1.29, 1.82) is 0 Å². The van der Waals surface area contributed by atoms with Crippen molar-refractivity contribution in [1.82, 2.24) is 5.32 Å². The predicted octanol–water partition coefficient (Wildman–Crippen LogP) is 13.5. The highest BCUT2D eigenvalue weighted by molar-refractivity contribution is 7.85. The van der Waals surface area contributed by atoms with Gasteiger partial charge >= 0.3 is 0 Å². The van der Waals surface area contributed by atoms with E-state index in [1.165, 1.54) is 135 Å². The number of carbonyl (C=O) groups is 1. The van der Waals surface area contributed by atoms with E-state index in [4.69, 9.17) is 0 Å². The lowest BCUT2D eigenvalue weighted by Crippen LogP contribution is -2.46. The summed E-state index contributed by atoms with van der Waals surface area (Å²) in [5, 5.41) is 13.3. The molecule has 0 bridgehead atoms. The first-order chi connectivity index (χ1) is 25.8. The highest BCUT2D eigenvalue weighted by Crippen LogP contribution is 2.15. The summed E-state index contributed by atoms with van der Waals surface area (Å²) in [6.45, 7) is 4.51. The van der Waals surface area contributed by atoms with E-state index >= 15 is 0 Å². The standard InChI is InChI=1S/C46H85NO5S/c1-3-5-7-9-11-13-15-17-19-21-23-25-27-29-31-33-35-37-39-41-45(48)44(43-53(50,51)52)47-46(49)42-40-38-36-34-32-30-28-26-24-22-20-18-16-14-12-10-8-6-4-2/h12,14,18,20,24,26,39,41,44-45,48H,3-11,13,15-17,19,21-23,25,27-38,40,42-43H2,1-2H3,(H,47,49)(H,50,51,52)/b14-12-,20-18-,26-24-,41-39+. The molecule has 3 N–H and O–H groups in total. The van der Waals surface area contributed by atoms with Gasteiger partial charge in [-0.05, 0) is 57.8 Å². The second-order valence-electron chi connectivity index (χ2n) is 15.3. The van der Waals surface area contributed by atoms with Gasteiger partial charge in [-0.3, -0.25) is 9.35 Å². The summed E-state index contributed by atoms with van der Waals surface area (Å²) in [6.07, 6.45) is 53.8. The first-order valence-corrected chi connectivity index (χ1v) is 23.9. The molecule has 0 radical (unpaired) electrons. The molecule has 0 aliphatic rings. The van der Waals surface area contributed by atoms with Gasteiger partial charge < -0.3 is 10.4 Å². The van der Waals surface area contributed by atoms with Crippen molar-refractivity contribution in [2.45, 2.75) is 231 Å². The Kier molecular flexibility index (Phi) is 38.7. The lowest BCUT2D eigenvalue weighted by atomic mass is 10.0. The Morgan fingerprint density at radius 1 is 0.509 bits per heavy atom. The van der Waals surface area contributed by atoms with Gasteiger partial charge in [0.15, 0.2) is 0 Å². The number of hydrogen-bond donors (Lipinski definition) is 3. The second kappa shape index (κ2) is 40.0. The molecule has 6 nitrogen and oxygen atoms in total. The van der Waals surface area contributed by atoms with Crippen LogP contribution in [0.25, 0.3) is 0 Å². The van der Waals surface area contributed by atoms with Crippen LogP contribution in [0, 0.1) is 0 Å². The lowest BCUT2D eigenvalue weighted by Gasteiger charge is -2.21. The molecule has 0 saturated heterocycles. The molecular weight excluding hydrogens is 679 g/mol. The lowest BCUT2D eigenvalue weighted by molar-refractivity contribution is -0.122. The molecule has 0 saturated carbocycles. The van der Waals surface area contributed by atoms with Crippen LogP contribution in [0.3, 0.4) is 0 Å². The molecule has 0 heterocycles. The summed E-state index contributed by atoms with van der Waals surface area (Å²) < 4.78 is 32.6. The van der Waals surface area contributed by atoms with Crippen LogP contribution in [0.2, 0.25) is 0 Å². The number of unbranched alkanes of at least 4 members (excludes halogenated alkanes) is 26. The first kappa shape index (κ1) is 51.3. The summed E-state index contributed by atoms with van der Waals surface area (Å²) in [5.74, 6) is -0.994. The maximum Gasteiger partial charge on any atom is 0.267 e. The van der Waals surface area contributed by atoms with Gasteiger partial charge in [0.25, 0.3) is 10.1 Å². The number of carbonyl (C=O) groups excluding carboxylic acids is 1. The topological polar surface area (TPSA) is 104 Å². The van der Waals surface area contributed by atoms with Crippen molar-refractivity contribution < 1.29 is 22.9 Å². The van der Waals surface area contributed by atoms with Gasteiger partial charge in [0, 0.05) is 6.42 Å². The molecule has 7 heteroatoms. The summed E-state index contributed by atoms with van der Waals surface area (Å²) in [6, 6.07) is -1.06. The largest absolute Gasteiger partial charge is 0.387 e. The van der Waals surface area contributed by atoms with E-state index < -0.39 is 28.0 Å². The molecule has 0 rings (SSSR count). The summed E-state index contributed by atoms with van der Waals surface area (Å²) in [5.41, 5.74) is 0. The third-order valence-corrected chi connectivity index (χ3v) is 10.8. The summed E-state index contributed by atoms with van der Waals surface area (Å²) >= 11 is 0. The number of rotatable bonds is 40. The van der Waals surface area contributed by atoms with Gasteiger partial charge in [-0.25, -0.2) is 0 Å². The van der Waals surface area contributed by atoms with Gasteiger partial charge in [0.2, 0.25) is 5.91 Å². The van der Waals surface area contributed by atoms with E-state index in [0.717, 1.165) is 64.2 Å². The third kappa shape index (κ3) is 41.3. The molecule has 0 aliphatic carbocycles. The molecule has 0 aliphatic heterocycles. The molecule has 2 unspecified atom stereocenters. The van der Waals surface area contributed by atoms with Crippen LogP contribution in [-0.2, 0) is 14.9 Å². The van der Waals surface area contributed by atoms with Crippen LogP contribution in [0.15, 0.2) is 48.6 Å². The van der Waals surface area contributed by atoms with E-state index in [9.17, 15) is 22.9 Å². The number of nitrogens with one attached hydrogen (secondary N) is 1. The molecule has 0 aromatic carbocycles. The fraction of sp³-hybridized carbons (Fsp3) is 0.804. The van der Waals surface area contributed by atoms with Crippen molar-refractivity contribution in [3.05, 3.63) is 48.6 Å². The maximum atomic E-state index is 12.5. The molecule has 53 heavy (non-hydrogen) atoms. The highest BCUT2D eigenvalue weighted by Gasteiger charge is 2.24. The Balaban J connectivity index is 3.91. The van der Waals surface area contributed by atoms with Gasteiger partial charge in [-0.2, -0.15) is 8.42 Å². The number of amides is 1. The van der Waals surface area contributed by atoms with Crippen molar-refractivity contribution in [3.8, 4) is 0 Å². The zero-order valence-corrected chi connectivity index (χ0v) is 35.5. The third-order valence-electron chi connectivity index (χ3n) is 10.00. The number of aliphatic hydroxyl groups is 1. The Labute approximate surface area is 329 Å². The Bertz CT molecular complexity index is 1020. The van der Waals surface area contributed by atoms with Crippen LogP contribution in [0.5, 0.6) is 0 Å². The second-order valence-corrected chi connectivity index (χ2v) is 16.8. The number of hydrogen-bond acceptors (Lipinski definition) is 4. The smallest absolute Gasteiger partial charge is 0.267 e. The SMILES string of the molecule is CCCCC/C=C\C/C=C\C/C=C\CCCCCCCCC(=O)NC(CS(=O)(=O)O)C(O)/C=C/CCCCCCCCCCCCCCCCCCC. The summed E-state index contributed by atoms with van der Waals surface area (Å²) in [4.78, 5) is 12.5. The quantitative estimate of drug-likeness (QED) is 0.0327. The minimum atomic E-state index is -4.35. The molecule has 0 aromatic rings. The average Bonchev–Trinajstić information content (AvgIpc) is 3.12. The van der Waals surface area contributed by atoms with Crippen molar-refractivity contribution in [3.63, 3.8) is 0 Å². The molecule has 0 aromatic heterocycles. The average molecular weight is 764 g/mol. The van der Waals surface area contributed by atoms with Crippen LogP contribution >= 0.6 is 0 Å². The van der Waals surface area contributed by atoms with Gasteiger partial charge in [-0.1, -0.05) is 204 Å². The van der Waals surface area contributed by atoms with E-state index in [0.29, 0.717) is 0 Å². The van der Waals surface area contributed by atoms with Gasteiger partial charge in [-0.15, -0.1) is 0 Å². The Morgan fingerprint density at radius 3 is 1.28 bits per heavy atom. The maximum absolute atomic E-state index is 12.5. The Hall–Kier alpha value is -1.70. The molecule has 2 atom stereocenters. The minimum Gasteiger partial charge on any atom is -0.387 e. The van der Waals surface area contributed by atoms with E-state index in [-0.39, 0.29) is 12.3 Å². The van der Waals surface area contributed by atoms with Crippen molar-refractivity contribution in [2.75, 3.05) is 5.75 Å². The molecule has 0 fully saturated rings. The minimum absolute atomic E-state index is 0.280. The molecular formula is C46H85NO5S. The number of allylic oxidation sites excluding steroid dienone is 7. The zero-order valence-electron chi connectivity index (χ0n) is 34.6. The van der Waals surface area contributed by atoms with Crippen molar-refractivity contribution in [2.24, 2.45) is 0 Å². The van der Waals surface area contributed by atoms with E-state index in [1.54, 1.807) is 6.08 Å². The van der Waals surface area contributed by atoms with Crippen LogP contribution in [0.1, 0.15) is 219 Å². The molecule has 0 spiro atoms. The first-order valence-electron chi connectivity index (χ1n) is 22.3. The van der Waals surface area contributed by atoms with Gasteiger partial charge in [0.05, 0.1) is 17.9 Å². The van der Waals surface area contributed by atoms with Crippen LogP contribution in [0.4, 0.5) is 0 Å². The molecule has 1 amide bonds. The van der Waals surface area contributed by atoms with E-state index in [1.807, 2.05) is 6.08 Å². The van der Waals surface area contributed by atoms with Gasteiger partial charge in [0.1, 0.15) is 0 Å². The molecule has 310 valence electrons. The highest BCUT2D eigenvalue weighted by atomic mass is 32.2. The van der Waals surface area contributed by atoms with E-state index in [2.05, 4.69) is 55.6 Å². The van der Waals surface area contributed by atoms with Crippen molar-refractivity contribution >= 4 is 16.0 Å². The van der Waals surface area contributed by atoms with Crippen LogP contribution in [-0.4, -0.2) is 41.9 Å².